The van der Waals surface area contributed by atoms with Gasteiger partial charge in [0, 0.05) is 37.5 Å². The Balaban J connectivity index is 1.60. The SMILES string of the molecule is O=C(O)N1CCC(c2ncccc2COC2CCCCO2)CC1. The molecule has 1 unspecified atom stereocenters. The highest BCUT2D eigenvalue weighted by Gasteiger charge is 2.26. The summed E-state index contributed by atoms with van der Waals surface area (Å²) in [6, 6.07) is 3.98. The Labute approximate surface area is 136 Å². The third-order valence-corrected chi connectivity index (χ3v) is 4.64. The Morgan fingerprint density at radius 1 is 1.35 bits per heavy atom. The molecular weight excluding hydrogens is 296 g/mol. The van der Waals surface area contributed by atoms with E-state index in [-0.39, 0.29) is 6.29 Å². The van der Waals surface area contributed by atoms with E-state index in [0.717, 1.165) is 50.0 Å². The molecule has 126 valence electrons. The first kappa shape index (κ1) is 16.2. The number of carbonyl (C=O) groups is 1. The van der Waals surface area contributed by atoms with Crippen LogP contribution in [0.1, 0.15) is 49.3 Å². The second-order valence-corrected chi connectivity index (χ2v) is 6.20. The van der Waals surface area contributed by atoms with Gasteiger partial charge in [0.15, 0.2) is 6.29 Å². The monoisotopic (exact) mass is 320 g/mol. The summed E-state index contributed by atoms with van der Waals surface area (Å²) in [7, 11) is 0. The molecule has 6 heteroatoms. The zero-order valence-corrected chi connectivity index (χ0v) is 13.3. The molecule has 0 saturated carbocycles. The van der Waals surface area contributed by atoms with Gasteiger partial charge in [0.05, 0.1) is 6.61 Å². The van der Waals surface area contributed by atoms with E-state index in [0.29, 0.717) is 25.6 Å². The maximum Gasteiger partial charge on any atom is 0.407 e. The van der Waals surface area contributed by atoms with Crippen molar-refractivity contribution in [2.24, 2.45) is 0 Å². The lowest BCUT2D eigenvalue weighted by Gasteiger charge is -2.30. The van der Waals surface area contributed by atoms with E-state index < -0.39 is 6.09 Å². The van der Waals surface area contributed by atoms with Gasteiger partial charge in [-0.2, -0.15) is 0 Å². The highest BCUT2D eigenvalue weighted by atomic mass is 16.7. The van der Waals surface area contributed by atoms with E-state index in [1.165, 1.54) is 4.90 Å². The average Bonchev–Trinajstić information content (AvgIpc) is 2.61. The van der Waals surface area contributed by atoms with Crippen LogP contribution in [0.3, 0.4) is 0 Å². The topological polar surface area (TPSA) is 71.9 Å². The summed E-state index contributed by atoms with van der Waals surface area (Å²) in [5, 5.41) is 9.05. The van der Waals surface area contributed by atoms with Gasteiger partial charge in [0.25, 0.3) is 0 Å². The molecule has 2 saturated heterocycles. The Kier molecular flexibility index (Phi) is 5.46. The smallest absolute Gasteiger partial charge is 0.407 e. The zero-order valence-electron chi connectivity index (χ0n) is 13.3. The van der Waals surface area contributed by atoms with Crippen molar-refractivity contribution in [2.45, 2.75) is 50.9 Å². The highest BCUT2D eigenvalue weighted by Crippen LogP contribution is 2.29. The first-order valence-corrected chi connectivity index (χ1v) is 8.39. The summed E-state index contributed by atoms with van der Waals surface area (Å²) in [6.45, 7) is 2.43. The fraction of sp³-hybridized carbons (Fsp3) is 0.647. The van der Waals surface area contributed by atoms with E-state index >= 15 is 0 Å². The molecule has 2 fully saturated rings. The number of nitrogens with zero attached hydrogens (tertiary/aromatic N) is 2. The van der Waals surface area contributed by atoms with Crippen LogP contribution in [0.15, 0.2) is 18.3 Å². The second kappa shape index (κ2) is 7.75. The van der Waals surface area contributed by atoms with E-state index in [1.807, 2.05) is 6.07 Å². The van der Waals surface area contributed by atoms with Crippen molar-refractivity contribution < 1.29 is 19.4 Å². The molecule has 0 bridgehead atoms. The van der Waals surface area contributed by atoms with E-state index in [1.54, 1.807) is 6.20 Å². The molecular formula is C17H24N2O4. The van der Waals surface area contributed by atoms with Crippen molar-refractivity contribution in [3.8, 4) is 0 Å². The molecule has 0 aliphatic carbocycles. The highest BCUT2D eigenvalue weighted by molar-refractivity contribution is 5.65. The summed E-state index contributed by atoms with van der Waals surface area (Å²) < 4.78 is 11.5. The van der Waals surface area contributed by atoms with Gasteiger partial charge >= 0.3 is 6.09 Å². The quantitative estimate of drug-likeness (QED) is 0.923. The summed E-state index contributed by atoms with van der Waals surface area (Å²) >= 11 is 0. The molecule has 2 aliphatic rings. The van der Waals surface area contributed by atoms with Crippen LogP contribution in [0.2, 0.25) is 0 Å². The lowest BCUT2D eigenvalue weighted by Crippen LogP contribution is -2.37. The molecule has 1 aromatic heterocycles. The number of hydrogen-bond acceptors (Lipinski definition) is 4. The largest absolute Gasteiger partial charge is 0.465 e. The maximum atomic E-state index is 11.0. The van der Waals surface area contributed by atoms with Gasteiger partial charge in [-0.25, -0.2) is 4.79 Å². The van der Waals surface area contributed by atoms with Crippen molar-refractivity contribution in [1.29, 1.82) is 0 Å². The van der Waals surface area contributed by atoms with Crippen molar-refractivity contribution >= 4 is 6.09 Å². The Hall–Kier alpha value is -1.66. The minimum absolute atomic E-state index is 0.106. The molecule has 1 aromatic rings. The summed E-state index contributed by atoms with van der Waals surface area (Å²) in [5.74, 6) is 0.303. The van der Waals surface area contributed by atoms with Gasteiger partial charge in [-0.15, -0.1) is 0 Å². The molecule has 2 aliphatic heterocycles. The van der Waals surface area contributed by atoms with Crippen LogP contribution >= 0.6 is 0 Å². The molecule has 0 aromatic carbocycles. The van der Waals surface area contributed by atoms with Crippen molar-refractivity contribution in [3.63, 3.8) is 0 Å². The predicted octanol–water partition coefficient (Wildman–Crippen LogP) is 2.98. The van der Waals surface area contributed by atoms with E-state index in [4.69, 9.17) is 14.6 Å². The summed E-state index contributed by atoms with van der Waals surface area (Å²) in [5.41, 5.74) is 2.14. The molecule has 23 heavy (non-hydrogen) atoms. The van der Waals surface area contributed by atoms with Crippen LogP contribution in [0.5, 0.6) is 0 Å². The lowest BCUT2D eigenvalue weighted by atomic mass is 9.90. The fourth-order valence-electron chi connectivity index (χ4n) is 3.31. The first-order chi connectivity index (χ1) is 11.2. The lowest BCUT2D eigenvalue weighted by molar-refractivity contribution is -0.169. The Morgan fingerprint density at radius 2 is 2.17 bits per heavy atom. The molecule has 1 amide bonds. The Morgan fingerprint density at radius 3 is 2.87 bits per heavy atom. The number of ether oxygens (including phenoxy) is 2. The number of piperidine rings is 1. The van der Waals surface area contributed by atoms with Crippen LogP contribution in [-0.2, 0) is 16.1 Å². The standard InChI is InChI=1S/C17H24N2O4/c20-17(21)19-9-6-13(7-10-19)16-14(4-3-8-18-16)12-23-15-5-1-2-11-22-15/h3-4,8,13,15H,1-2,5-7,9-12H2,(H,20,21). The molecule has 0 radical (unpaired) electrons. The number of likely N-dealkylation sites (tertiary alicyclic amines) is 1. The Bertz CT molecular complexity index is 523. The zero-order chi connectivity index (χ0) is 16.1. The van der Waals surface area contributed by atoms with Gasteiger partial charge in [-0.1, -0.05) is 6.07 Å². The van der Waals surface area contributed by atoms with Gasteiger partial charge in [0.2, 0.25) is 0 Å². The number of aromatic nitrogens is 1. The van der Waals surface area contributed by atoms with Gasteiger partial charge < -0.3 is 19.5 Å². The molecule has 3 heterocycles. The summed E-state index contributed by atoms with van der Waals surface area (Å²) in [4.78, 5) is 17.0. The van der Waals surface area contributed by atoms with Crippen molar-refractivity contribution in [3.05, 3.63) is 29.6 Å². The minimum atomic E-state index is -0.831. The summed E-state index contributed by atoms with van der Waals surface area (Å²) in [6.07, 6.45) is 5.71. The van der Waals surface area contributed by atoms with Crippen LogP contribution < -0.4 is 0 Å². The first-order valence-electron chi connectivity index (χ1n) is 8.39. The number of amides is 1. The maximum absolute atomic E-state index is 11.0. The second-order valence-electron chi connectivity index (χ2n) is 6.20. The molecule has 6 nitrogen and oxygen atoms in total. The number of hydrogen-bond donors (Lipinski definition) is 1. The minimum Gasteiger partial charge on any atom is -0.465 e. The third kappa shape index (κ3) is 4.20. The number of carboxylic acid groups (broad SMARTS) is 1. The van der Waals surface area contributed by atoms with Crippen LogP contribution in [0, 0.1) is 0 Å². The molecule has 1 N–H and O–H groups in total. The van der Waals surface area contributed by atoms with E-state index in [9.17, 15) is 4.79 Å². The van der Waals surface area contributed by atoms with Crippen molar-refractivity contribution in [1.82, 2.24) is 9.88 Å². The molecule has 1 atom stereocenters. The van der Waals surface area contributed by atoms with Gasteiger partial charge in [-0.05, 0) is 43.7 Å². The van der Waals surface area contributed by atoms with Crippen LogP contribution in [-0.4, -0.2) is 47.1 Å². The van der Waals surface area contributed by atoms with E-state index in [2.05, 4.69) is 11.1 Å². The molecule has 3 rings (SSSR count). The van der Waals surface area contributed by atoms with Gasteiger partial charge in [-0.3, -0.25) is 4.98 Å². The predicted molar refractivity (Wildman–Crippen MR) is 84.2 cm³/mol. The molecule has 0 spiro atoms. The number of rotatable bonds is 4. The normalized spacial score (nSPS) is 23.0. The third-order valence-electron chi connectivity index (χ3n) is 4.64. The van der Waals surface area contributed by atoms with Crippen molar-refractivity contribution in [2.75, 3.05) is 19.7 Å². The fourth-order valence-corrected chi connectivity index (χ4v) is 3.31. The van der Waals surface area contributed by atoms with Crippen LogP contribution in [0.25, 0.3) is 0 Å². The number of pyridine rings is 1. The van der Waals surface area contributed by atoms with Gasteiger partial charge in [0.1, 0.15) is 0 Å². The average molecular weight is 320 g/mol. The van der Waals surface area contributed by atoms with Crippen LogP contribution in [0.4, 0.5) is 4.79 Å².